The number of fused-ring (bicyclic) bond motifs is 1. The highest BCUT2D eigenvalue weighted by Crippen LogP contribution is 2.26. The molecule has 38 heavy (non-hydrogen) atoms. The number of piperidine rings is 1. The van der Waals surface area contributed by atoms with Gasteiger partial charge in [0, 0.05) is 24.7 Å². The summed E-state index contributed by atoms with van der Waals surface area (Å²) < 4.78 is 29.4. The number of hydrazone groups is 1. The summed E-state index contributed by atoms with van der Waals surface area (Å²) in [5.41, 5.74) is 6.49. The maximum absolute atomic E-state index is 13.6. The van der Waals surface area contributed by atoms with Crippen LogP contribution in [0.3, 0.4) is 0 Å². The van der Waals surface area contributed by atoms with Crippen molar-refractivity contribution in [2.75, 3.05) is 13.1 Å². The van der Waals surface area contributed by atoms with Gasteiger partial charge in [0.25, 0.3) is 5.96 Å². The Morgan fingerprint density at radius 3 is 2.82 bits per heavy atom. The minimum atomic E-state index is -4.27. The smallest absolute Gasteiger partial charge is 0.326 e. The van der Waals surface area contributed by atoms with Gasteiger partial charge in [0.05, 0.1) is 5.52 Å². The van der Waals surface area contributed by atoms with Gasteiger partial charge in [-0.05, 0) is 56.2 Å². The van der Waals surface area contributed by atoms with Gasteiger partial charge in [-0.3, -0.25) is 9.78 Å². The van der Waals surface area contributed by atoms with E-state index in [2.05, 4.69) is 20.1 Å². The van der Waals surface area contributed by atoms with Crippen molar-refractivity contribution in [3.05, 3.63) is 46.1 Å². The number of nitrogens with two attached hydrogens (primary N) is 1. The molecular weight excluding hydrogens is 518 g/mol. The number of carboxylic acids is 1. The highest BCUT2D eigenvalue weighted by atomic mass is 32.2. The van der Waals surface area contributed by atoms with E-state index in [0.717, 1.165) is 5.56 Å². The first-order valence-corrected chi connectivity index (χ1v) is 13.5. The highest BCUT2D eigenvalue weighted by molar-refractivity contribution is 7.89. The molecule has 1 amide bonds. The lowest BCUT2D eigenvalue weighted by Crippen LogP contribution is -2.56. The van der Waals surface area contributed by atoms with Gasteiger partial charge in [0.2, 0.25) is 15.9 Å². The zero-order chi connectivity index (χ0) is 28.0. The van der Waals surface area contributed by atoms with Crippen molar-refractivity contribution in [3.8, 4) is 0 Å². The molecule has 0 aliphatic carbocycles. The van der Waals surface area contributed by atoms with Crippen LogP contribution in [0, 0.1) is 23.0 Å². The third-order valence-electron chi connectivity index (χ3n) is 6.29. The number of guanidine groups is 1. The molecule has 0 spiro atoms. The van der Waals surface area contributed by atoms with E-state index in [4.69, 9.17) is 5.73 Å². The van der Waals surface area contributed by atoms with Crippen LogP contribution < -0.4 is 15.8 Å². The van der Waals surface area contributed by atoms with Crippen molar-refractivity contribution >= 4 is 38.8 Å². The number of hydrogen-bond acceptors (Lipinski definition) is 7. The van der Waals surface area contributed by atoms with Crippen molar-refractivity contribution < 1.29 is 28.1 Å². The molecule has 0 bridgehead atoms. The zero-order valence-electron chi connectivity index (χ0n) is 21.0. The van der Waals surface area contributed by atoms with Gasteiger partial charge in [-0.2, -0.15) is 4.72 Å². The summed E-state index contributed by atoms with van der Waals surface area (Å²) >= 11 is 0. The van der Waals surface area contributed by atoms with Gasteiger partial charge in [-0.25, -0.2) is 23.3 Å². The first-order chi connectivity index (χ1) is 17.9. The molecule has 0 radical (unpaired) electrons. The second kappa shape index (κ2) is 12.1. The number of nitro groups is 1. The van der Waals surface area contributed by atoms with E-state index in [-0.39, 0.29) is 48.7 Å². The molecule has 1 aromatic heterocycles. The summed E-state index contributed by atoms with van der Waals surface area (Å²) in [5.74, 6) is -2.17. The standard InChI is InChI=1S/C23H31N7O7S/c1-14-8-10-29(18(12-14)22(32)33)21(31)17(6-4-9-25-23(24)27-30(34)35)28-38(36,37)19-7-3-5-16-11-15(2)13-26-20(16)19/h3,5,7,11,13-14,17-18,28H,4,6,8-10,12H2,1-2H3,(H,32,33)(H3,24,25,27)/t14-,17+,18-/m1/s1. The Kier molecular flexibility index (Phi) is 9.17. The number of rotatable bonds is 10. The molecule has 1 fully saturated rings. The van der Waals surface area contributed by atoms with Gasteiger partial charge in [0.1, 0.15) is 22.1 Å². The normalized spacial score (nSPS) is 19.2. The summed E-state index contributed by atoms with van der Waals surface area (Å²) in [6.45, 7) is 3.96. The molecule has 1 saturated heterocycles. The number of pyridine rings is 1. The predicted octanol–water partition coefficient (Wildman–Crippen LogP) is 0.778. The summed E-state index contributed by atoms with van der Waals surface area (Å²) in [4.78, 5) is 41.3. The summed E-state index contributed by atoms with van der Waals surface area (Å²) in [6, 6.07) is 4.09. The minimum Gasteiger partial charge on any atom is -0.480 e. The lowest BCUT2D eigenvalue weighted by atomic mass is 9.91. The van der Waals surface area contributed by atoms with Gasteiger partial charge >= 0.3 is 5.97 Å². The van der Waals surface area contributed by atoms with Crippen LogP contribution in [0.4, 0.5) is 0 Å². The van der Waals surface area contributed by atoms with Crippen LogP contribution in [-0.4, -0.2) is 71.4 Å². The van der Waals surface area contributed by atoms with Crippen LogP contribution in [0.2, 0.25) is 0 Å². The molecule has 3 rings (SSSR count). The van der Waals surface area contributed by atoms with Crippen molar-refractivity contribution in [2.45, 2.75) is 56.5 Å². The maximum atomic E-state index is 13.6. The second-order valence-electron chi connectivity index (χ2n) is 9.32. The number of benzene rings is 1. The molecular formula is C23H31N7O7S. The van der Waals surface area contributed by atoms with Crippen LogP contribution in [-0.2, 0) is 19.6 Å². The molecule has 15 heteroatoms. The SMILES string of the molecule is Cc1cnc2c(S(=O)(=O)N[C@@H](CCCNC(N)=N[N+](=O)[O-])C(=O)N3CC[C@@H](C)C[C@@H]3C(=O)O)cccc2c1. The number of sulfonamides is 1. The number of hydrogen-bond donors (Lipinski definition) is 4. The molecule has 1 aliphatic heterocycles. The fourth-order valence-electron chi connectivity index (χ4n) is 4.43. The summed E-state index contributed by atoms with van der Waals surface area (Å²) in [6.07, 6.45) is 2.51. The number of nitrogens with one attached hydrogen (secondary N) is 2. The lowest BCUT2D eigenvalue weighted by Gasteiger charge is -2.38. The van der Waals surface area contributed by atoms with E-state index in [0.29, 0.717) is 11.8 Å². The van der Waals surface area contributed by atoms with Gasteiger partial charge < -0.3 is 21.1 Å². The van der Waals surface area contributed by atoms with Crippen molar-refractivity contribution in [3.63, 3.8) is 0 Å². The lowest BCUT2D eigenvalue weighted by molar-refractivity contribution is -0.485. The van der Waals surface area contributed by atoms with E-state index < -0.39 is 45.0 Å². The van der Waals surface area contributed by atoms with Crippen LogP contribution >= 0.6 is 0 Å². The fourth-order valence-corrected chi connectivity index (χ4v) is 5.83. The van der Waals surface area contributed by atoms with E-state index in [1.54, 1.807) is 24.4 Å². The van der Waals surface area contributed by atoms with Crippen molar-refractivity contribution in [1.82, 2.24) is 19.9 Å². The number of nitrogens with zero attached hydrogens (tertiary/aromatic N) is 4. The summed E-state index contributed by atoms with van der Waals surface area (Å²) in [5, 5.41) is 25.3. The molecule has 3 atom stereocenters. The molecule has 2 heterocycles. The van der Waals surface area contributed by atoms with Gasteiger partial charge in [-0.15, -0.1) is 0 Å². The molecule has 5 N–H and O–H groups in total. The van der Waals surface area contributed by atoms with Crippen molar-refractivity contribution in [1.29, 1.82) is 0 Å². The number of aryl methyl sites for hydroxylation is 1. The molecule has 0 saturated carbocycles. The van der Waals surface area contributed by atoms with Gasteiger partial charge in [-0.1, -0.05) is 19.1 Å². The molecule has 1 aromatic carbocycles. The number of carboxylic acid groups (broad SMARTS) is 1. The Bertz CT molecular complexity index is 1350. The fraction of sp³-hybridized carbons (Fsp3) is 0.478. The number of likely N-dealkylation sites (tertiary alicyclic amines) is 1. The summed E-state index contributed by atoms with van der Waals surface area (Å²) in [7, 11) is -4.27. The first kappa shape index (κ1) is 28.7. The molecule has 0 unspecified atom stereocenters. The number of carbonyl (C=O) groups excluding carboxylic acids is 1. The Balaban J connectivity index is 1.88. The molecule has 14 nitrogen and oxygen atoms in total. The Morgan fingerprint density at radius 1 is 1.39 bits per heavy atom. The average molecular weight is 550 g/mol. The second-order valence-corrected chi connectivity index (χ2v) is 11.0. The van der Waals surface area contributed by atoms with Crippen molar-refractivity contribution in [2.24, 2.45) is 16.8 Å². The average Bonchev–Trinajstić information content (AvgIpc) is 2.84. The Morgan fingerprint density at radius 2 is 2.13 bits per heavy atom. The van der Waals surface area contributed by atoms with Crippen LogP contribution in [0.5, 0.6) is 0 Å². The predicted molar refractivity (Wildman–Crippen MR) is 138 cm³/mol. The van der Waals surface area contributed by atoms with E-state index >= 15 is 0 Å². The maximum Gasteiger partial charge on any atom is 0.326 e. The van der Waals surface area contributed by atoms with E-state index in [9.17, 15) is 33.2 Å². The number of para-hydroxylation sites is 1. The number of aromatic nitrogens is 1. The molecule has 206 valence electrons. The third-order valence-corrected chi connectivity index (χ3v) is 7.80. The topological polar surface area (TPSA) is 210 Å². The van der Waals surface area contributed by atoms with Gasteiger partial charge in [0.15, 0.2) is 5.03 Å². The Labute approximate surface area is 219 Å². The van der Waals surface area contributed by atoms with E-state index in [1.165, 1.54) is 11.0 Å². The number of amides is 1. The van der Waals surface area contributed by atoms with E-state index in [1.807, 2.05) is 13.8 Å². The Hall–Kier alpha value is -3.85. The zero-order valence-corrected chi connectivity index (χ0v) is 21.8. The molecule has 1 aliphatic rings. The van der Waals surface area contributed by atoms with Crippen LogP contribution in [0.1, 0.15) is 38.2 Å². The van der Waals surface area contributed by atoms with Crippen LogP contribution in [0.25, 0.3) is 10.9 Å². The van der Waals surface area contributed by atoms with Crippen LogP contribution in [0.15, 0.2) is 40.5 Å². The number of carbonyl (C=O) groups is 2. The number of aliphatic carboxylic acids is 1. The minimum absolute atomic E-state index is 0.0352. The third kappa shape index (κ3) is 7.13. The quantitative estimate of drug-likeness (QED) is 0.107. The first-order valence-electron chi connectivity index (χ1n) is 12.0. The highest BCUT2D eigenvalue weighted by Gasteiger charge is 2.39. The monoisotopic (exact) mass is 549 g/mol. The largest absolute Gasteiger partial charge is 0.480 e. The molecule has 2 aromatic rings.